The Balaban J connectivity index is 2.34. The second kappa shape index (κ2) is 4.81. The number of rotatable bonds is 2. The number of hydrogen-bond donors (Lipinski definition) is 1. The molecule has 90 valence electrons. The Morgan fingerprint density at radius 1 is 1.53 bits per heavy atom. The average molecular weight is 364 g/mol. The second-order valence-corrected chi connectivity index (χ2v) is 5.65. The van der Waals surface area contributed by atoms with E-state index in [1.807, 2.05) is 22.6 Å². The summed E-state index contributed by atoms with van der Waals surface area (Å²) >= 11 is 6.28. The van der Waals surface area contributed by atoms with Gasteiger partial charge in [-0.2, -0.15) is 12.6 Å². The van der Waals surface area contributed by atoms with E-state index >= 15 is 0 Å². The van der Waals surface area contributed by atoms with Crippen molar-refractivity contribution in [1.29, 1.82) is 0 Å². The molecule has 1 aliphatic heterocycles. The standard InChI is InChI=1S/C10H9IN2O3S/c11-8-3-6(13(15)16)1-2-9(8)12-5-7(17)4-10(12)14/h1-3,7,17H,4-5H2. The minimum Gasteiger partial charge on any atom is -0.310 e. The van der Waals surface area contributed by atoms with Crippen molar-refractivity contribution in [1.82, 2.24) is 0 Å². The van der Waals surface area contributed by atoms with Crippen LogP contribution in [0.25, 0.3) is 0 Å². The molecule has 1 amide bonds. The minimum absolute atomic E-state index is 0.0109. The molecular weight excluding hydrogens is 355 g/mol. The van der Waals surface area contributed by atoms with E-state index in [2.05, 4.69) is 12.6 Å². The number of non-ortho nitro benzene ring substituents is 1. The molecule has 0 radical (unpaired) electrons. The van der Waals surface area contributed by atoms with Crippen LogP contribution in [0.15, 0.2) is 18.2 Å². The van der Waals surface area contributed by atoms with Crippen LogP contribution in [0.2, 0.25) is 0 Å². The van der Waals surface area contributed by atoms with Gasteiger partial charge in [-0.1, -0.05) is 0 Å². The Bertz CT molecular complexity index is 494. The van der Waals surface area contributed by atoms with E-state index in [0.717, 1.165) is 5.69 Å². The summed E-state index contributed by atoms with van der Waals surface area (Å²) in [6.45, 7) is 0.551. The number of nitrogens with zero attached hydrogens (tertiary/aromatic N) is 2. The van der Waals surface area contributed by atoms with Crippen LogP contribution in [0.4, 0.5) is 11.4 Å². The van der Waals surface area contributed by atoms with Crippen molar-refractivity contribution in [2.45, 2.75) is 11.7 Å². The normalized spacial score (nSPS) is 19.8. The first-order chi connectivity index (χ1) is 7.99. The molecule has 1 aromatic rings. The number of amides is 1. The topological polar surface area (TPSA) is 63.5 Å². The Hall–Kier alpha value is -0.830. The number of hydrogen-bond acceptors (Lipinski definition) is 4. The van der Waals surface area contributed by atoms with E-state index in [9.17, 15) is 14.9 Å². The maximum atomic E-state index is 11.7. The van der Waals surface area contributed by atoms with E-state index in [-0.39, 0.29) is 16.8 Å². The van der Waals surface area contributed by atoms with Crippen LogP contribution in [0.3, 0.4) is 0 Å². The van der Waals surface area contributed by atoms with Gasteiger partial charge in [-0.05, 0) is 28.7 Å². The predicted molar refractivity (Wildman–Crippen MR) is 75.6 cm³/mol. The van der Waals surface area contributed by atoms with E-state index in [1.165, 1.54) is 12.1 Å². The molecular formula is C10H9IN2O3S. The first kappa shape index (κ1) is 12.6. The lowest BCUT2D eigenvalue weighted by Crippen LogP contribution is -2.25. The maximum Gasteiger partial charge on any atom is 0.270 e. The third kappa shape index (κ3) is 2.54. The van der Waals surface area contributed by atoms with Crippen molar-refractivity contribution in [3.63, 3.8) is 0 Å². The Labute approximate surface area is 117 Å². The number of carbonyl (C=O) groups is 1. The fourth-order valence-corrected chi connectivity index (χ4v) is 2.86. The van der Waals surface area contributed by atoms with Gasteiger partial charge in [0.1, 0.15) is 0 Å². The van der Waals surface area contributed by atoms with Crippen LogP contribution >= 0.6 is 35.2 Å². The molecule has 1 saturated heterocycles. The monoisotopic (exact) mass is 364 g/mol. The zero-order valence-corrected chi connectivity index (χ0v) is 11.7. The lowest BCUT2D eigenvalue weighted by atomic mass is 10.2. The molecule has 0 spiro atoms. The quantitative estimate of drug-likeness (QED) is 0.379. The molecule has 2 rings (SSSR count). The van der Waals surface area contributed by atoms with Crippen LogP contribution in [0, 0.1) is 13.7 Å². The number of benzene rings is 1. The Morgan fingerprint density at radius 3 is 2.71 bits per heavy atom. The molecule has 1 unspecified atom stereocenters. The van der Waals surface area contributed by atoms with Gasteiger partial charge >= 0.3 is 0 Å². The Morgan fingerprint density at radius 2 is 2.24 bits per heavy atom. The zero-order chi connectivity index (χ0) is 12.6. The number of halogens is 1. The highest BCUT2D eigenvalue weighted by Gasteiger charge is 2.29. The van der Waals surface area contributed by atoms with Gasteiger partial charge in [0.05, 0.1) is 10.6 Å². The lowest BCUT2D eigenvalue weighted by Gasteiger charge is -2.17. The molecule has 1 atom stereocenters. The van der Waals surface area contributed by atoms with Gasteiger partial charge in [0.25, 0.3) is 5.69 Å². The van der Waals surface area contributed by atoms with Gasteiger partial charge in [0, 0.05) is 33.9 Å². The number of nitro benzene ring substituents is 1. The number of nitro groups is 1. The molecule has 1 aliphatic rings. The van der Waals surface area contributed by atoms with Crippen molar-refractivity contribution in [2.24, 2.45) is 0 Å². The van der Waals surface area contributed by atoms with E-state index < -0.39 is 4.92 Å². The van der Waals surface area contributed by atoms with Crippen molar-refractivity contribution < 1.29 is 9.72 Å². The van der Waals surface area contributed by atoms with Gasteiger partial charge in [-0.15, -0.1) is 0 Å². The molecule has 1 heterocycles. The molecule has 17 heavy (non-hydrogen) atoms. The van der Waals surface area contributed by atoms with Gasteiger partial charge < -0.3 is 4.90 Å². The molecule has 0 saturated carbocycles. The SMILES string of the molecule is O=C1CC(S)CN1c1ccc([N+](=O)[O-])cc1I. The van der Waals surface area contributed by atoms with Crippen LogP contribution in [-0.2, 0) is 4.79 Å². The van der Waals surface area contributed by atoms with Gasteiger partial charge in [-0.3, -0.25) is 14.9 Å². The molecule has 0 aliphatic carbocycles. The summed E-state index contributed by atoms with van der Waals surface area (Å²) in [5, 5.41) is 10.6. The highest BCUT2D eigenvalue weighted by Crippen LogP contribution is 2.30. The highest BCUT2D eigenvalue weighted by atomic mass is 127. The summed E-state index contributed by atoms with van der Waals surface area (Å²) in [4.78, 5) is 23.5. The summed E-state index contributed by atoms with van der Waals surface area (Å²) < 4.78 is 0.701. The molecule has 5 nitrogen and oxygen atoms in total. The number of anilines is 1. The van der Waals surface area contributed by atoms with E-state index in [0.29, 0.717) is 16.5 Å². The van der Waals surface area contributed by atoms with Crippen LogP contribution < -0.4 is 4.90 Å². The largest absolute Gasteiger partial charge is 0.310 e. The van der Waals surface area contributed by atoms with Gasteiger partial charge in [0.15, 0.2) is 0 Å². The van der Waals surface area contributed by atoms with E-state index in [1.54, 1.807) is 11.0 Å². The van der Waals surface area contributed by atoms with Crippen molar-refractivity contribution in [2.75, 3.05) is 11.4 Å². The fourth-order valence-electron chi connectivity index (χ4n) is 1.75. The fraction of sp³-hybridized carbons (Fsp3) is 0.300. The summed E-state index contributed by atoms with van der Waals surface area (Å²) in [5.74, 6) is 0.0109. The third-order valence-corrected chi connectivity index (χ3v) is 3.75. The van der Waals surface area contributed by atoms with E-state index in [4.69, 9.17) is 0 Å². The van der Waals surface area contributed by atoms with Crippen LogP contribution in [0.1, 0.15) is 6.42 Å². The first-order valence-corrected chi connectivity index (χ1v) is 6.51. The van der Waals surface area contributed by atoms with Crippen LogP contribution in [-0.4, -0.2) is 22.6 Å². The predicted octanol–water partition coefficient (Wildman–Crippen LogP) is 2.23. The second-order valence-electron chi connectivity index (χ2n) is 3.76. The van der Waals surface area contributed by atoms with Crippen molar-refractivity contribution in [3.05, 3.63) is 31.9 Å². The van der Waals surface area contributed by atoms with Crippen molar-refractivity contribution in [3.8, 4) is 0 Å². The van der Waals surface area contributed by atoms with Gasteiger partial charge in [0.2, 0.25) is 5.91 Å². The number of thiol groups is 1. The van der Waals surface area contributed by atoms with Crippen molar-refractivity contribution >= 4 is 52.5 Å². The third-order valence-electron chi connectivity index (χ3n) is 2.54. The summed E-state index contributed by atoms with van der Waals surface area (Å²) in [6.07, 6.45) is 0.413. The number of carbonyl (C=O) groups excluding carboxylic acids is 1. The molecule has 1 fully saturated rings. The summed E-state index contributed by atoms with van der Waals surface area (Å²) in [5.41, 5.74) is 0.755. The highest BCUT2D eigenvalue weighted by molar-refractivity contribution is 14.1. The molecule has 0 N–H and O–H groups in total. The molecule has 1 aromatic carbocycles. The summed E-state index contributed by atoms with van der Waals surface area (Å²) in [7, 11) is 0. The average Bonchev–Trinajstić information content (AvgIpc) is 2.57. The minimum atomic E-state index is -0.445. The molecule has 0 aromatic heterocycles. The van der Waals surface area contributed by atoms with Crippen LogP contribution in [0.5, 0.6) is 0 Å². The Kier molecular flexibility index (Phi) is 3.57. The maximum absolute atomic E-state index is 11.7. The lowest BCUT2D eigenvalue weighted by molar-refractivity contribution is -0.384. The van der Waals surface area contributed by atoms with Gasteiger partial charge in [-0.25, -0.2) is 0 Å². The summed E-state index contributed by atoms with van der Waals surface area (Å²) in [6, 6.07) is 4.50. The molecule has 7 heteroatoms. The smallest absolute Gasteiger partial charge is 0.270 e. The molecule has 0 bridgehead atoms. The first-order valence-electron chi connectivity index (χ1n) is 4.91. The zero-order valence-electron chi connectivity index (χ0n) is 8.67.